The predicted octanol–water partition coefficient (Wildman–Crippen LogP) is 3.33. The molecule has 0 aliphatic heterocycles. The fourth-order valence-corrected chi connectivity index (χ4v) is 1.79. The van der Waals surface area contributed by atoms with E-state index in [0.29, 0.717) is 6.54 Å². The Morgan fingerprint density at radius 2 is 2.16 bits per heavy atom. The van der Waals surface area contributed by atoms with E-state index in [1.807, 2.05) is 13.0 Å². The number of nitrogens with one attached hydrogen (secondary N) is 1. The molecule has 6 heteroatoms. The van der Waals surface area contributed by atoms with Crippen LogP contribution in [0.1, 0.15) is 11.1 Å². The van der Waals surface area contributed by atoms with Crippen molar-refractivity contribution < 1.29 is 8.78 Å². The topological polar surface area (TPSA) is 29.9 Å². The third kappa shape index (κ3) is 3.92. The quantitative estimate of drug-likeness (QED) is 0.914. The van der Waals surface area contributed by atoms with E-state index in [2.05, 4.69) is 10.4 Å². The van der Waals surface area contributed by atoms with Gasteiger partial charge in [-0.2, -0.15) is 5.10 Å². The van der Waals surface area contributed by atoms with Gasteiger partial charge in [-0.3, -0.25) is 0 Å². The third-order valence-electron chi connectivity index (χ3n) is 2.67. The summed E-state index contributed by atoms with van der Waals surface area (Å²) in [6, 6.07) is 6.37. The van der Waals surface area contributed by atoms with E-state index in [1.165, 1.54) is 12.1 Å². The van der Waals surface area contributed by atoms with Gasteiger partial charge in [0, 0.05) is 12.1 Å². The molecule has 0 radical (unpaired) electrons. The molecule has 0 unspecified atom stereocenters. The van der Waals surface area contributed by atoms with E-state index >= 15 is 0 Å². The van der Waals surface area contributed by atoms with Gasteiger partial charge in [0.25, 0.3) is 0 Å². The van der Waals surface area contributed by atoms with Crippen molar-refractivity contribution in [3.05, 3.63) is 47.4 Å². The van der Waals surface area contributed by atoms with Crippen LogP contribution in [0.5, 0.6) is 0 Å². The van der Waals surface area contributed by atoms with Crippen LogP contribution < -0.4 is 5.32 Å². The van der Waals surface area contributed by atoms with Crippen LogP contribution >= 0.6 is 12.4 Å². The normalized spacial score (nSPS) is 10.1. The summed E-state index contributed by atoms with van der Waals surface area (Å²) in [4.78, 5) is 0. The highest BCUT2D eigenvalue weighted by Crippen LogP contribution is 2.15. The lowest BCUT2D eigenvalue weighted by Crippen LogP contribution is -2.10. The number of hydrogen-bond acceptors (Lipinski definition) is 2. The van der Waals surface area contributed by atoms with Crippen LogP contribution in [0.3, 0.4) is 0 Å². The number of nitrogens with zero attached hydrogens (tertiary/aromatic N) is 2. The van der Waals surface area contributed by atoms with Crippen LogP contribution in [0.15, 0.2) is 30.5 Å². The summed E-state index contributed by atoms with van der Waals surface area (Å²) < 4.78 is 26.9. The Labute approximate surface area is 117 Å². The zero-order valence-corrected chi connectivity index (χ0v) is 11.4. The maximum absolute atomic E-state index is 13.0. The maximum Gasteiger partial charge on any atom is 0.127 e. The zero-order valence-electron chi connectivity index (χ0n) is 10.6. The monoisotopic (exact) mass is 287 g/mol. The summed E-state index contributed by atoms with van der Waals surface area (Å²) in [5.41, 5.74) is 1.78. The molecule has 3 nitrogen and oxygen atoms in total. The average Bonchev–Trinajstić information content (AvgIpc) is 2.69. The Morgan fingerprint density at radius 1 is 1.37 bits per heavy atom. The summed E-state index contributed by atoms with van der Waals surface area (Å²) >= 11 is 0. The Hall–Kier alpha value is -1.62. The van der Waals surface area contributed by atoms with Gasteiger partial charge in [-0.15, -0.1) is 12.4 Å². The van der Waals surface area contributed by atoms with Crippen molar-refractivity contribution >= 4 is 18.2 Å². The molecule has 1 aromatic carbocycles. The smallest absolute Gasteiger partial charge is 0.127 e. The van der Waals surface area contributed by atoms with Gasteiger partial charge in [0.2, 0.25) is 0 Å². The van der Waals surface area contributed by atoms with Crippen LogP contribution in [-0.2, 0) is 13.1 Å². The zero-order chi connectivity index (χ0) is 13.0. The molecule has 0 aliphatic carbocycles. The molecule has 0 saturated carbocycles. The lowest BCUT2D eigenvalue weighted by molar-refractivity contribution is 0.429. The first kappa shape index (κ1) is 15.4. The van der Waals surface area contributed by atoms with Gasteiger partial charge in [-0.25, -0.2) is 13.5 Å². The molecule has 0 amide bonds. The highest BCUT2D eigenvalue weighted by atomic mass is 35.5. The number of alkyl halides is 1. The third-order valence-corrected chi connectivity index (χ3v) is 2.67. The van der Waals surface area contributed by atoms with Crippen LogP contribution in [0.25, 0.3) is 0 Å². The van der Waals surface area contributed by atoms with E-state index in [1.54, 1.807) is 16.9 Å². The number of aromatic nitrogens is 2. The molecule has 0 atom stereocenters. The number of hydrogen-bond donors (Lipinski definition) is 1. The highest BCUT2D eigenvalue weighted by Gasteiger charge is 2.06. The van der Waals surface area contributed by atoms with Gasteiger partial charge >= 0.3 is 0 Å². The minimum absolute atomic E-state index is 0. The second-order valence-corrected chi connectivity index (χ2v) is 4.07. The summed E-state index contributed by atoms with van der Waals surface area (Å²) in [6.45, 7) is 2.14. The minimum atomic E-state index is -0.463. The molecular weight excluding hydrogens is 272 g/mol. The van der Waals surface area contributed by atoms with Gasteiger partial charge < -0.3 is 5.32 Å². The minimum Gasteiger partial charge on any atom is -0.366 e. The van der Waals surface area contributed by atoms with Crippen molar-refractivity contribution in [3.8, 4) is 0 Å². The average molecular weight is 288 g/mol. The number of aryl methyl sites for hydroxylation is 2. The number of benzene rings is 1. The van der Waals surface area contributed by atoms with Gasteiger partial charge in [-0.05, 0) is 24.6 Å². The van der Waals surface area contributed by atoms with Crippen LogP contribution in [-0.4, -0.2) is 16.5 Å². The Kier molecular flexibility index (Phi) is 5.76. The second-order valence-electron chi connectivity index (χ2n) is 4.07. The lowest BCUT2D eigenvalue weighted by Gasteiger charge is -2.10. The Morgan fingerprint density at radius 3 is 2.84 bits per heavy atom. The molecule has 1 aromatic heterocycles. The largest absolute Gasteiger partial charge is 0.366 e. The first-order chi connectivity index (χ1) is 8.70. The van der Waals surface area contributed by atoms with Crippen molar-refractivity contribution in [1.82, 2.24) is 9.78 Å². The number of halogens is 3. The molecule has 0 saturated heterocycles. The fraction of sp³-hybridized carbons (Fsp3) is 0.308. The van der Waals surface area contributed by atoms with Crippen molar-refractivity contribution in [2.45, 2.75) is 20.0 Å². The van der Waals surface area contributed by atoms with E-state index in [0.717, 1.165) is 16.9 Å². The van der Waals surface area contributed by atoms with Crippen LogP contribution in [0.2, 0.25) is 0 Å². The van der Waals surface area contributed by atoms with Crippen molar-refractivity contribution in [3.63, 3.8) is 0 Å². The molecule has 1 heterocycles. The van der Waals surface area contributed by atoms with Crippen molar-refractivity contribution in [2.75, 3.05) is 12.0 Å². The first-order valence-corrected chi connectivity index (χ1v) is 5.77. The molecule has 104 valence electrons. The molecule has 2 aromatic rings. The molecule has 0 aliphatic rings. The van der Waals surface area contributed by atoms with Gasteiger partial charge in [0.05, 0.1) is 12.7 Å². The molecule has 1 N–H and O–H groups in total. The lowest BCUT2D eigenvalue weighted by atomic mass is 10.2. The van der Waals surface area contributed by atoms with Gasteiger partial charge in [0.1, 0.15) is 18.3 Å². The van der Waals surface area contributed by atoms with Gasteiger partial charge in [0.15, 0.2) is 0 Å². The van der Waals surface area contributed by atoms with E-state index in [9.17, 15) is 8.78 Å². The van der Waals surface area contributed by atoms with Crippen molar-refractivity contribution in [1.29, 1.82) is 0 Å². The number of anilines is 1. The fourth-order valence-electron chi connectivity index (χ4n) is 1.79. The molecule has 0 bridgehead atoms. The number of rotatable bonds is 5. The van der Waals surface area contributed by atoms with E-state index < -0.39 is 6.67 Å². The summed E-state index contributed by atoms with van der Waals surface area (Å²) in [6.07, 6.45) is 1.68. The van der Waals surface area contributed by atoms with Crippen LogP contribution in [0, 0.1) is 12.7 Å². The second kappa shape index (κ2) is 7.09. The van der Waals surface area contributed by atoms with Gasteiger partial charge in [-0.1, -0.05) is 12.1 Å². The van der Waals surface area contributed by atoms with E-state index in [-0.39, 0.29) is 24.8 Å². The molecule has 0 fully saturated rings. The summed E-state index contributed by atoms with van der Waals surface area (Å²) in [5, 5.41) is 7.23. The highest BCUT2D eigenvalue weighted by molar-refractivity contribution is 5.85. The Bertz CT molecular complexity index is 528. The molecule has 19 heavy (non-hydrogen) atoms. The van der Waals surface area contributed by atoms with Crippen molar-refractivity contribution in [2.24, 2.45) is 0 Å². The Balaban J connectivity index is 0.00000180. The summed E-state index contributed by atoms with van der Waals surface area (Å²) in [5.74, 6) is 0.514. The predicted molar refractivity (Wildman–Crippen MR) is 73.9 cm³/mol. The maximum atomic E-state index is 13.0. The first-order valence-electron chi connectivity index (χ1n) is 5.77. The standard InChI is InChI=1S/C13H15F2N3.ClH/c1-10-8-17-18(6-5-14)13(10)16-9-11-3-2-4-12(15)7-11;/h2-4,7-8,16H,5-6,9H2,1H3;1H. The van der Waals surface area contributed by atoms with E-state index in [4.69, 9.17) is 0 Å². The SMILES string of the molecule is Cc1cnn(CCF)c1NCc1cccc(F)c1.Cl. The van der Waals surface area contributed by atoms with Crippen LogP contribution in [0.4, 0.5) is 14.6 Å². The molecule has 2 rings (SSSR count). The summed E-state index contributed by atoms with van der Waals surface area (Å²) in [7, 11) is 0. The molecular formula is C13H16ClF2N3. The molecule has 0 spiro atoms.